The smallest absolute Gasteiger partial charge is 0.264 e. The van der Waals surface area contributed by atoms with Crippen LogP contribution in [0.5, 0.6) is 5.75 Å². The minimum Gasteiger partial charge on any atom is -0.482 e. The highest BCUT2D eigenvalue weighted by Crippen LogP contribution is 2.34. The topological polar surface area (TPSA) is 81.5 Å². The van der Waals surface area contributed by atoms with Crippen molar-refractivity contribution < 1.29 is 14.3 Å². The molecule has 0 saturated carbocycles. The summed E-state index contributed by atoms with van der Waals surface area (Å²) < 4.78 is 6.83. The highest BCUT2D eigenvalue weighted by Gasteiger charge is 2.26. The van der Waals surface area contributed by atoms with Gasteiger partial charge in [0.2, 0.25) is 0 Å². The Morgan fingerprint density at radius 2 is 1.91 bits per heavy atom. The Kier molecular flexibility index (Phi) is 5.32. The number of carbonyl (C=O) groups excluding carboxylic acids is 2. The molecule has 1 atom stereocenters. The molecule has 7 nitrogen and oxygen atoms in total. The SMILES string of the molecule is Cc1ccc(-c2csc3ncn(C(C)C(=O)c4ccc5c(c4)N(C)C(=O)CO5)c(=O)c23)cc1C. The Labute approximate surface area is 200 Å². The number of rotatable bonds is 4. The molecule has 0 saturated heterocycles. The summed E-state index contributed by atoms with van der Waals surface area (Å²) in [5.41, 5.74) is 4.76. The molecule has 34 heavy (non-hydrogen) atoms. The molecule has 1 aliphatic heterocycles. The van der Waals surface area contributed by atoms with Crippen LogP contribution in [-0.4, -0.2) is 34.9 Å². The first-order chi connectivity index (χ1) is 16.3. The molecular formula is C26H23N3O4S. The number of nitrogens with zero attached hydrogens (tertiary/aromatic N) is 3. The number of aromatic nitrogens is 2. The number of fused-ring (bicyclic) bond motifs is 2. The summed E-state index contributed by atoms with van der Waals surface area (Å²) in [6.07, 6.45) is 1.44. The van der Waals surface area contributed by atoms with E-state index in [2.05, 4.69) is 11.1 Å². The van der Waals surface area contributed by atoms with E-state index in [0.29, 0.717) is 27.2 Å². The van der Waals surface area contributed by atoms with Crippen LogP contribution in [0.15, 0.2) is 52.9 Å². The molecule has 4 aromatic rings. The second kappa shape index (κ2) is 8.22. The van der Waals surface area contributed by atoms with E-state index >= 15 is 0 Å². The number of Topliss-reactive ketones (excluding diaryl/α,β-unsaturated/α-hetero) is 1. The van der Waals surface area contributed by atoms with Crippen molar-refractivity contribution >= 4 is 38.9 Å². The molecule has 0 fully saturated rings. The summed E-state index contributed by atoms with van der Waals surface area (Å²) >= 11 is 1.41. The van der Waals surface area contributed by atoms with E-state index in [1.807, 2.05) is 31.4 Å². The number of anilines is 1. The molecular weight excluding hydrogens is 450 g/mol. The number of ether oxygens (including phenoxy) is 1. The van der Waals surface area contributed by atoms with Crippen LogP contribution in [0.4, 0.5) is 5.69 Å². The van der Waals surface area contributed by atoms with Gasteiger partial charge in [0.1, 0.15) is 10.6 Å². The van der Waals surface area contributed by atoms with Crippen LogP contribution in [0.1, 0.15) is 34.5 Å². The van der Waals surface area contributed by atoms with E-state index in [0.717, 1.165) is 16.7 Å². The van der Waals surface area contributed by atoms with Gasteiger partial charge in [-0.15, -0.1) is 11.3 Å². The molecule has 5 rings (SSSR count). The molecule has 8 heteroatoms. The van der Waals surface area contributed by atoms with E-state index in [4.69, 9.17) is 4.74 Å². The lowest BCUT2D eigenvalue weighted by Gasteiger charge is -2.26. The van der Waals surface area contributed by atoms with Crippen molar-refractivity contribution in [1.82, 2.24) is 9.55 Å². The number of ketones is 1. The quantitative estimate of drug-likeness (QED) is 0.407. The van der Waals surface area contributed by atoms with Gasteiger partial charge in [0.25, 0.3) is 11.5 Å². The number of benzene rings is 2. The summed E-state index contributed by atoms with van der Waals surface area (Å²) in [5, 5.41) is 2.45. The highest BCUT2D eigenvalue weighted by molar-refractivity contribution is 7.17. The zero-order chi connectivity index (χ0) is 24.1. The second-order valence-electron chi connectivity index (χ2n) is 8.55. The average Bonchev–Trinajstić information content (AvgIpc) is 3.27. The van der Waals surface area contributed by atoms with Crippen molar-refractivity contribution in [2.75, 3.05) is 18.6 Å². The summed E-state index contributed by atoms with van der Waals surface area (Å²) in [6, 6.07) is 10.3. The predicted molar refractivity (Wildman–Crippen MR) is 133 cm³/mol. The number of amides is 1. The van der Waals surface area contributed by atoms with Gasteiger partial charge < -0.3 is 9.64 Å². The third-order valence-electron chi connectivity index (χ3n) is 6.46. The minimum atomic E-state index is -0.777. The van der Waals surface area contributed by atoms with E-state index in [-0.39, 0.29) is 23.9 Å². The molecule has 1 unspecified atom stereocenters. The molecule has 0 N–H and O–H groups in total. The lowest BCUT2D eigenvalue weighted by atomic mass is 10.0. The van der Waals surface area contributed by atoms with Gasteiger partial charge in [-0.1, -0.05) is 18.2 Å². The number of carbonyl (C=O) groups is 2. The van der Waals surface area contributed by atoms with Crippen LogP contribution in [0, 0.1) is 13.8 Å². The van der Waals surface area contributed by atoms with Crippen molar-refractivity contribution in [2.45, 2.75) is 26.8 Å². The Morgan fingerprint density at radius 1 is 1.12 bits per heavy atom. The van der Waals surface area contributed by atoms with Crippen LogP contribution in [0.3, 0.4) is 0 Å². The number of aryl methyl sites for hydroxylation is 2. The fourth-order valence-electron chi connectivity index (χ4n) is 4.14. The average molecular weight is 474 g/mol. The fraction of sp³-hybridized carbons (Fsp3) is 0.231. The molecule has 1 amide bonds. The third kappa shape index (κ3) is 3.51. The van der Waals surface area contributed by atoms with Crippen LogP contribution >= 0.6 is 11.3 Å². The standard InChI is InChI=1S/C26H23N3O4S/c1-14-5-6-17(9-15(14)2)19-12-34-25-23(19)26(32)29(13-27-25)16(3)24(31)18-7-8-21-20(10-18)28(4)22(30)11-33-21/h5-10,12-13,16H,11H2,1-4H3. The van der Waals surface area contributed by atoms with Crippen LogP contribution in [0.2, 0.25) is 0 Å². The first-order valence-electron chi connectivity index (χ1n) is 10.9. The Bertz CT molecular complexity index is 1540. The van der Waals surface area contributed by atoms with Gasteiger partial charge in [0.05, 0.1) is 23.4 Å². The maximum atomic E-state index is 13.5. The summed E-state index contributed by atoms with van der Waals surface area (Å²) in [7, 11) is 1.65. The molecule has 0 spiro atoms. The summed E-state index contributed by atoms with van der Waals surface area (Å²) in [4.78, 5) is 45.5. The highest BCUT2D eigenvalue weighted by atomic mass is 32.1. The van der Waals surface area contributed by atoms with E-state index in [9.17, 15) is 14.4 Å². The molecule has 2 aromatic carbocycles. The predicted octanol–water partition coefficient (Wildman–Crippen LogP) is 4.54. The first-order valence-corrected chi connectivity index (χ1v) is 11.8. The fourth-order valence-corrected chi connectivity index (χ4v) is 5.04. The van der Waals surface area contributed by atoms with E-state index < -0.39 is 6.04 Å². The minimum absolute atomic E-state index is 0.0300. The number of thiophene rings is 1. The zero-order valence-electron chi connectivity index (χ0n) is 19.3. The lowest BCUT2D eigenvalue weighted by Crippen LogP contribution is -2.35. The molecule has 3 heterocycles. The molecule has 1 aliphatic rings. The number of hydrogen-bond acceptors (Lipinski definition) is 6. The summed E-state index contributed by atoms with van der Waals surface area (Å²) in [5.74, 6) is 0.107. The van der Waals surface area contributed by atoms with Crippen LogP contribution < -0.4 is 15.2 Å². The number of hydrogen-bond donors (Lipinski definition) is 0. The molecule has 2 aromatic heterocycles. The van der Waals surface area contributed by atoms with Crippen molar-refractivity contribution in [1.29, 1.82) is 0 Å². The van der Waals surface area contributed by atoms with Crippen molar-refractivity contribution in [3.8, 4) is 16.9 Å². The monoisotopic (exact) mass is 473 g/mol. The van der Waals surface area contributed by atoms with Crippen molar-refractivity contribution in [3.05, 3.63) is 75.1 Å². The second-order valence-corrected chi connectivity index (χ2v) is 9.41. The molecule has 0 aliphatic carbocycles. The van der Waals surface area contributed by atoms with Crippen LogP contribution in [0.25, 0.3) is 21.3 Å². The lowest BCUT2D eigenvalue weighted by molar-refractivity contribution is -0.120. The molecule has 0 bridgehead atoms. The van der Waals surface area contributed by atoms with Crippen LogP contribution in [-0.2, 0) is 4.79 Å². The maximum absolute atomic E-state index is 13.5. The van der Waals surface area contributed by atoms with E-state index in [1.54, 1.807) is 32.2 Å². The van der Waals surface area contributed by atoms with Gasteiger partial charge in [0.15, 0.2) is 12.4 Å². The summed E-state index contributed by atoms with van der Waals surface area (Å²) in [6.45, 7) is 5.74. The Morgan fingerprint density at radius 3 is 2.68 bits per heavy atom. The Balaban J connectivity index is 1.55. The normalized spacial score (nSPS) is 14.1. The van der Waals surface area contributed by atoms with E-state index in [1.165, 1.54) is 32.7 Å². The van der Waals surface area contributed by atoms with Gasteiger partial charge in [-0.05, 0) is 55.7 Å². The van der Waals surface area contributed by atoms with Gasteiger partial charge in [0, 0.05) is 23.6 Å². The number of likely N-dealkylation sites (N-methyl/N-ethyl adjacent to an activating group) is 1. The zero-order valence-corrected chi connectivity index (χ0v) is 20.1. The maximum Gasteiger partial charge on any atom is 0.264 e. The molecule has 0 radical (unpaired) electrons. The Hall–Kier alpha value is -3.78. The van der Waals surface area contributed by atoms with Gasteiger partial charge >= 0.3 is 0 Å². The van der Waals surface area contributed by atoms with Crippen molar-refractivity contribution in [3.63, 3.8) is 0 Å². The molecule has 172 valence electrons. The largest absolute Gasteiger partial charge is 0.482 e. The van der Waals surface area contributed by atoms with Gasteiger partial charge in [-0.3, -0.25) is 19.0 Å². The van der Waals surface area contributed by atoms with Gasteiger partial charge in [-0.25, -0.2) is 4.98 Å². The van der Waals surface area contributed by atoms with Crippen molar-refractivity contribution in [2.24, 2.45) is 0 Å². The van der Waals surface area contributed by atoms with Gasteiger partial charge in [-0.2, -0.15) is 0 Å². The third-order valence-corrected chi connectivity index (χ3v) is 7.35. The first kappa shape index (κ1) is 22.0.